The van der Waals surface area contributed by atoms with Gasteiger partial charge in [0.25, 0.3) is 0 Å². The molecule has 1 atom stereocenters. The molecule has 0 spiro atoms. The second kappa shape index (κ2) is 4.39. The van der Waals surface area contributed by atoms with Gasteiger partial charge >= 0.3 is 0 Å². The fraction of sp³-hybridized carbons (Fsp3) is 0.857. The largest absolute Gasteiger partial charge is 0.376 e. The van der Waals surface area contributed by atoms with Crippen LogP contribution in [-0.2, 0) is 9.53 Å². The summed E-state index contributed by atoms with van der Waals surface area (Å²) in [6.07, 6.45) is 0.212. The van der Waals surface area contributed by atoms with Crippen LogP contribution in [0, 0.1) is 0 Å². The predicted octanol–water partition coefficient (Wildman–Crippen LogP) is -1.30. The molecule has 0 saturated carbocycles. The molecule has 5 heteroatoms. The van der Waals surface area contributed by atoms with E-state index in [1.54, 1.807) is 0 Å². The molecule has 70 valence electrons. The number of carbonyl (C=O) groups is 1. The average molecular weight is 173 g/mol. The molecule has 0 aromatic heterocycles. The maximum absolute atomic E-state index is 10.9. The molecular formula is C7H15N3O2. The number of carbonyl (C=O) groups excluding carboxylic acids is 1. The Labute approximate surface area is 71.8 Å². The third-order valence-corrected chi connectivity index (χ3v) is 1.85. The average Bonchev–Trinajstić information content (AvgIpc) is 2.04. The second-order valence-electron chi connectivity index (χ2n) is 2.98. The molecule has 0 unspecified atom stereocenters. The zero-order valence-corrected chi connectivity index (χ0v) is 7.25. The van der Waals surface area contributed by atoms with Gasteiger partial charge in [-0.25, -0.2) is 5.84 Å². The summed E-state index contributed by atoms with van der Waals surface area (Å²) in [5.41, 5.74) is 2.11. The van der Waals surface area contributed by atoms with Gasteiger partial charge < -0.3 is 4.74 Å². The van der Waals surface area contributed by atoms with E-state index in [1.165, 1.54) is 0 Å². The fourth-order valence-corrected chi connectivity index (χ4v) is 1.28. The van der Waals surface area contributed by atoms with Gasteiger partial charge in [-0.2, -0.15) is 0 Å². The topological polar surface area (TPSA) is 67.6 Å². The highest BCUT2D eigenvalue weighted by Gasteiger charge is 2.17. The van der Waals surface area contributed by atoms with E-state index in [9.17, 15) is 4.79 Å². The normalized spacial score (nSPS) is 25.3. The molecule has 0 aromatic carbocycles. The number of morpholine rings is 1. The minimum Gasteiger partial charge on any atom is -0.376 e. The number of rotatable bonds is 2. The molecule has 1 heterocycles. The number of nitrogens with one attached hydrogen (secondary N) is 1. The van der Waals surface area contributed by atoms with E-state index in [2.05, 4.69) is 5.43 Å². The Balaban J connectivity index is 2.27. The Morgan fingerprint density at radius 1 is 1.83 bits per heavy atom. The fourth-order valence-electron chi connectivity index (χ4n) is 1.28. The van der Waals surface area contributed by atoms with Crippen molar-refractivity contribution >= 4 is 5.91 Å². The molecule has 0 aliphatic carbocycles. The van der Waals surface area contributed by atoms with Crippen LogP contribution in [0.1, 0.15) is 6.92 Å². The lowest BCUT2D eigenvalue weighted by Crippen LogP contribution is -2.47. The van der Waals surface area contributed by atoms with Gasteiger partial charge in [0.1, 0.15) is 0 Å². The van der Waals surface area contributed by atoms with Gasteiger partial charge in [0.15, 0.2) is 0 Å². The van der Waals surface area contributed by atoms with Gasteiger partial charge in [0, 0.05) is 13.1 Å². The molecule has 0 bridgehead atoms. The van der Waals surface area contributed by atoms with E-state index in [0.717, 1.165) is 13.1 Å². The van der Waals surface area contributed by atoms with Crippen molar-refractivity contribution in [2.24, 2.45) is 5.84 Å². The molecular weight excluding hydrogens is 158 g/mol. The summed E-state index contributed by atoms with van der Waals surface area (Å²) < 4.78 is 5.32. The third-order valence-electron chi connectivity index (χ3n) is 1.85. The number of nitrogens with two attached hydrogens (primary N) is 1. The Morgan fingerprint density at radius 3 is 3.17 bits per heavy atom. The van der Waals surface area contributed by atoms with Gasteiger partial charge in [-0.1, -0.05) is 0 Å². The lowest BCUT2D eigenvalue weighted by atomic mass is 10.3. The van der Waals surface area contributed by atoms with Gasteiger partial charge in [-0.3, -0.25) is 15.1 Å². The molecule has 0 radical (unpaired) electrons. The van der Waals surface area contributed by atoms with Crippen LogP contribution in [0.15, 0.2) is 0 Å². The summed E-state index contributed by atoms with van der Waals surface area (Å²) in [4.78, 5) is 12.9. The lowest BCUT2D eigenvalue weighted by Gasteiger charge is -2.30. The van der Waals surface area contributed by atoms with Crippen molar-refractivity contribution < 1.29 is 9.53 Å². The first-order chi connectivity index (χ1) is 5.72. The predicted molar refractivity (Wildman–Crippen MR) is 44.2 cm³/mol. The Hall–Kier alpha value is -0.650. The van der Waals surface area contributed by atoms with Crippen LogP contribution in [0.2, 0.25) is 0 Å². The van der Waals surface area contributed by atoms with Crippen LogP contribution in [0.3, 0.4) is 0 Å². The molecule has 1 saturated heterocycles. The summed E-state index contributed by atoms with van der Waals surface area (Å²) in [5, 5.41) is 0. The Bertz CT molecular complexity index is 163. The Morgan fingerprint density at radius 2 is 2.58 bits per heavy atom. The monoisotopic (exact) mass is 173 g/mol. The summed E-state index contributed by atoms with van der Waals surface area (Å²) in [6.45, 7) is 4.65. The molecule has 5 nitrogen and oxygen atoms in total. The molecule has 0 aromatic rings. The molecule has 1 rings (SSSR count). The number of hydrogen-bond acceptors (Lipinski definition) is 4. The quantitative estimate of drug-likeness (QED) is 0.309. The molecule has 1 fully saturated rings. The van der Waals surface area contributed by atoms with Crippen molar-refractivity contribution in [1.82, 2.24) is 10.3 Å². The van der Waals surface area contributed by atoms with Crippen LogP contribution in [0.25, 0.3) is 0 Å². The maximum Gasteiger partial charge on any atom is 0.248 e. The van der Waals surface area contributed by atoms with E-state index in [0.29, 0.717) is 13.2 Å². The van der Waals surface area contributed by atoms with Crippen molar-refractivity contribution in [3.05, 3.63) is 0 Å². The first kappa shape index (κ1) is 9.44. The zero-order valence-electron chi connectivity index (χ0n) is 7.25. The van der Waals surface area contributed by atoms with E-state index in [1.807, 2.05) is 11.8 Å². The first-order valence-corrected chi connectivity index (χ1v) is 4.06. The van der Waals surface area contributed by atoms with Crippen molar-refractivity contribution in [3.8, 4) is 0 Å². The summed E-state index contributed by atoms with van der Waals surface area (Å²) in [6, 6.07) is 0. The SMILES string of the molecule is C[C@H]1CN(CC(=O)NN)CCO1. The van der Waals surface area contributed by atoms with Crippen LogP contribution >= 0.6 is 0 Å². The van der Waals surface area contributed by atoms with E-state index in [4.69, 9.17) is 10.6 Å². The zero-order chi connectivity index (χ0) is 8.97. The van der Waals surface area contributed by atoms with Gasteiger partial charge in [-0.15, -0.1) is 0 Å². The highest BCUT2D eigenvalue weighted by molar-refractivity contribution is 5.77. The number of amides is 1. The summed E-state index contributed by atoms with van der Waals surface area (Å²) >= 11 is 0. The van der Waals surface area contributed by atoms with E-state index >= 15 is 0 Å². The molecule has 1 amide bonds. The van der Waals surface area contributed by atoms with Gasteiger partial charge in [-0.05, 0) is 6.92 Å². The van der Waals surface area contributed by atoms with Crippen molar-refractivity contribution in [2.75, 3.05) is 26.2 Å². The summed E-state index contributed by atoms with van der Waals surface area (Å²) in [5.74, 6) is 4.82. The van der Waals surface area contributed by atoms with Crippen molar-refractivity contribution in [1.29, 1.82) is 0 Å². The number of ether oxygens (including phenoxy) is 1. The maximum atomic E-state index is 10.9. The van der Waals surface area contributed by atoms with Gasteiger partial charge in [0.05, 0.1) is 19.3 Å². The smallest absolute Gasteiger partial charge is 0.248 e. The minimum absolute atomic E-state index is 0.149. The van der Waals surface area contributed by atoms with Crippen LogP contribution < -0.4 is 11.3 Å². The van der Waals surface area contributed by atoms with Crippen LogP contribution in [0.4, 0.5) is 0 Å². The molecule has 12 heavy (non-hydrogen) atoms. The highest BCUT2D eigenvalue weighted by atomic mass is 16.5. The van der Waals surface area contributed by atoms with Crippen LogP contribution in [0.5, 0.6) is 0 Å². The van der Waals surface area contributed by atoms with E-state index in [-0.39, 0.29) is 12.0 Å². The minimum atomic E-state index is -0.149. The summed E-state index contributed by atoms with van der Waals surface area (Å²) in [7, 11) is 0. The molecule has 3 N–H and O–H groups in total. The lowest BCUT2D eigenvalue weighted by molar-refractivity contribution is -0.124. The Kier molecular flexibility index (Phi) is 3.46. The van der Waals surface area contributed by atoms with Crippen molar-refractivity contribution in [3.63, 3.8) is 0 Å². The standard InChI is InChI=1S/C7H15N3O2/c1-6-4-10(2-3-12-6)5-7(11)9-8/h6H,2-5,8H2,1H3,(H,9,11)/t6-/m0/s1. The van der Waals surface area contributed by atoms with Gasteiger partial charge in [0.2, 0.25) is 5.91 Å². The number of hydrogen-bond donors (Lipinski definition) is 2. The molecule has 1 aliphatic heterocycles. The van der Waals surface area contributed by atoms with Crippen molar-refractivity contribution in [2.45, 2.75) is 13.0 Å². The third kappa shape index (κ3) is 2.77. The highest BCUT2D eigenvalue weighted by Crippen LogP contribution is 2.02. The molecule has 1 aliphatic rings. The van der Waals surface area contributed by atoms with E-state index < -0.39 is 0 Å². The number of hydrazine groups is 1. The first-order valence-electron chi connectivity index (χ1n) is 4.06. The number of nitrogens with zero attached hydrogens (tertiary/aromatic N) is 1. The second-order valence-corrected chi connectivity index (χ2v) is 2.98. The van der Waals surface area contributed by atoms with Crippen LogP contribution in [-0.4, -0.2) is 43.2 Å².